The van der Waals surface area contributed by atoms with Gasteiger partial charge in [0, 0.05) is 11.6 Å². The van der Waals surface area contributed by atoms with Crippen LogP contribution in [0.1, 0.15) is 31.1 Å². The van der Waals surface area contributed by atoms with Crippen LogP contribution >= 0.6 is 0 Å². The predicted molar refractivity (Wildman–Crippen MR) is 73.9 cm³/mol. The molecule has 5 nitrogen and oxygen atoms in total. The molecule has 0 aromatic heterocycles. The maximum Gasteiger partial charge on any atom is 0.373 e. The van der Waals surface area contributed by atoms with Gasteiger partial charge in [0.15, 0.2) is 5.78 Å². The van der Waals surface area contributed by atoms with Crippen molar-refractivity contribution in [3.05, 3.63) is 41.7 Å². The van der Waals surface area contributed by atoms with E-state index in [2.05, 4.69) is 4.74 Å². The Kier molecular flexibility index (Phi) is 5.77. The lowest BCUT2D eigenvalue weighted by Crippen LogP contribution is -2.09. The van der Waals surface area contributed by atoms with Gasteiger partial charge in [0.1, 0.15) is 5.75 Å². The van der Waals surface area contributed by atoms with Gasteiger partial charge in [-0.15, -0.1) is 0 Å². The summed E-state index contributed by atoms with van der Waals surface area (Å²) in [6, 6.07) is 6.44. The van der Waals surface area contributed by atoms with Crippen molar-refractivity contribution in [2.75, 3.05) is 6.61 Å². The average molecular weight is 278 g/mol. The fourth-order valence-electron chi connectivity index (χ4n) is 1.44. The molecule has 20 heavy (non-hydrogen) atoms. The maximum atomic E-state index is 11.8. The van der Waals surface area contributed by atoms with Crippen molar-refractivity contribution < 1.29 is 24.2 Å². The summed E-state index contributed by atoms with van der Waals surface area (Å²) in [4.78, 5) is 23.0. The number of rotatable bonds is 6. The Hall–Kier alpha value is -2.30. The van der Waals surface area contributed by atoms with Gasteiger partial charge in [-0.1, -0.05) is 0 Å². The number of carbonyl (C=O) groups is 2. The molecule has 1 N–H and O–H groups in total. The molecule has 1 aromatic rings. The Morgan fingerprint density at radius 3 is 2.35 bits per heavy atom. The number of carbonyl (C=O) groups excluding carboxylic acids is 2. The molecular weight excluding hydrogens is 260 g/mol. The van der Waals surface area contributed by atoms with Gasteiger partial charge in [-0.05, 0) is 45.0 Å². The third-order valence-electron chi connectivity index (χ3n) is 2.26. The van der Waals surface area contributed by atoms with Crippen LogP contribution in [0.4, 0.5) is 0 Å². The largest absolute Gasteiger partial charge is 0.502 e. The Bertz CT molecular complexity index is 500. The maximum absolute atomic E-state index is 11.8. The highest BCUT2D eigenvalue weighted by molar-refractivity contribution is 6.07. The Balaban J connectivity index is 2.77. The van der Waals surface area contributed by atoms with Gasteiger partial charge in [-0.3, -0.25) is 4.79 Å². The van der Waals surface area contributed by atoms with Crippen LogP contribution in [0.2, 0.25) is 0 Å². The van der Waals surface area contributed by atoms with E-state index in [9.17, 15) is 14.7 Å². The van der Waals surface area contributed by atoms with Crippen molar-refractivity contribution in [1.29, 1.82) is 0 Å². The lowest BCUT2D eigenvalue weighted by molar-refractivity contribution is -0.141. The Morgan fingerprint density at radius 2 is 1.85 bits per heavy atom. The van der Waals surface area contributed by atoms with Crippen molar-refractivity contribution in [1.82, 2.24) is 0 Å². The van der Waals surface area contributed by atoms with Crippen molar-refractivity contribution in [3.63, 3.8) is 0 Å². The van der Waals surface area contributed by atoms with Gasteiger partial charge in [0.05, 0.1) is 12.7 Å². The first kappa shape index (κ1) is 15.8. The quantitative estimate of drug-likeness (QED) is 0.375. The number of benzene rings is 1. The topological polar surface area (TPSA) is 72.8 Å². The minimum absolute atomic E-state index is 0.0457. The van der Waals surface area contributed by atoms with Crippen LogP contribution in [0.3, 0.4) is 0 Å². The first-order chi connectivity index (χ1) is 9.43. The molecule has 0 heterocycles. The lowest BCUT2D eigenvalue weighted by Gasteiger charge is -2.09. The number of aliphatic hydroxyl groups is 1. The van der Waals surface area contributed by atoms with Crippen LogP contribution in [0.15, 0.2) is 36.1 Å². The molecule has 0 bridgehead atoms. The SMILES string of the molecule is CCOC(=O)C(O)=CC(=O)c1ccc(OC(C)C)cc1. The van der Waals surface area contributed by atoms with Gasteiger partial charge in [-0.2, -0.15) is 0 Å². The highest BCUT2D eigenvalue weighted by Gasteiger charge is 2.12. The lowest BCUT2D eigenvalue weighted by atomic mass is 10.1. The number of allylic oxidation sites excluding steroid dienone is 1. The van der Waals surface area contributed by atoms with Crippen LogP contribution in [0, 0.1) is 0 Å². The highest BCUT2D eigenvalue weighted by atomic mass is 16.5. The van der Waals surface area contributed by atoms with Crippen molar-refractivity contribution >= 4 is 11.8 Å². The third-order valence-corrected chi connectivity index (χ3v) is 2.26. The van der Waals surface area contributed by atoms with Crippen molar-refractivity contribution in [2.45, 2.75) is 26.9 Å². The second kappa shape index (κ2) is 7.33. The summed E-state index contributed by atoms with van der Waals surface area (Å²) in [5, 5.41) is 9.40. The number of hydrogen-bond donors (Lipinski definition) is 1. The summed E-state index contributed by atoms with van der Waals surface area (Å²) in [7, 11) is 0. The van der Waals surface area contributed by atoms with Crippen LogP contribution < -0.4 is 4.74 Å². The number of esters is 1. The first-order valence-electron chi connectivity index (χ1n) is 6.33. The molecule has 0 unspecified atom stereocenters. The first-order valence-corrected chi connectivity index (χ1v) is 6.33. The van der Waals surface area contributed by atoms with E-state index in [1.54, 1.807) is 31.2 Å². The molecular formula is C15H18O5. The Morgan fingerprint density at radius 1 is 1.25 bits per heavy atom. The summed E-state index contributed by atoms with van der Waals surface area (Å²) in [5.74, 6) is -1.46. The number of ketones is 1. The minimum Gasteiger partial charge on any atom is -0.502 e. The van der Waals surface area contributed by atoms with Crippen molar-refractivity contribution in [2.24, 2.45) is 0 Å². The zero-order valence-corrected chi connectivity index (χ0v) is 11.8. The molecule has 5 heteroatoms. The molecule has 0 aliphatic rings. The predicted octanol–water partition coefficient (Wildman–Crippen LogP) is 2.66. The van der Waals surface area contributed by atoms with E-state index in [0.717, 1.165) is 6.08 Å². The summed E-state index contributed by atoms with van der Waals surface area (Å²) in [6.45, 7) is 5.55. The highest BCUT2D eigenvalue weighted by Crippen LogP contribution is 2.14. The van der Waals surface area contributed by atoms with Gasteiger partial charge in [0.25, 0.3) is 0 Å². The van der Waals surface area contributed by atoms with Crippen LogP contribution in [0.25, 0.3) is 0 Å². The molecule has 0 aliphatic heterocycles. The van der Waals surface area contributed by atoms with Gasteiger partial charge in [-0.25, -0.2) is 4.79 Å². The van der Waals surface area contributed by atoms with Crippen molar-refractivity contribution in [3.8, 4) is 5.75 Å². The summed E-state index contributed by atoms with van der Waals surface area (Å²) in [5.41, 5.74) is 0.344. The van der Waals surface area contributed by atoms with E-state index < -0.39 is 17.5 Å². The molecule has 0 saturated heterocycles. The molecule has 1 rings (SSSR count). The van der Waals surface area contributed by atoms with Gasteiger partial charge in [0.2, 0.25) is 5.76 Å². The third kappa shape index (κ3) is 4.76. The van der Waals surface area contributed by atoms with E-state index in [1.807, 2.05) is 13.8 Å². The van der Waals surface area contributed by atoms with Crippen LogP contribution in [-0.4, -0.2) is 29.6 Å². The molecule has 0 aliphatic carbocycles. The second-order valence-corrected chi connectivity index (χ2v) is 4.31. The van der Waals surface area contributed by atoms with E-state index >= 15 is 0 Å². The summed E-state index contributed by atoms with van der Waals surface area (Å²) < 4.78 is 10.0. The summed E-state index contributed by atoms with van der Waals surface area (Å²) >= 11 is 0. The Labute approximate surface area is 117 Å². The van der Waals surface area contributed by atoms with E-state index in [1.165, 1.54) is 0 Å². The number of aliphatic hydroxyl groups excluding tert-OH is 1. The molecule has 0 radical (unpaired) electrons. The van der Waals surface area contributed by atoms with E-state index in [4.69, 9.17) is 4.74 Å². The van der Waals surface area contributed by atoms with Gasteiger partial charge < -0.3 is 14.6 Å². The van der Waals surface area contributed by atoms with Crippen LogP contribution in [-0.2, 0) is 9.53 Å². The molecule has 0 spiro atoms. The van der Waals surface area contributed by atoms with E-state index in [0.29, 0.717) is 11.3 Å². The fraction of sp³-hybridized carbons (Fsp3) is 0.333. The molecule has 108 valence electrons. The molecule has 0 amide bonds. The molecule has 0 fully saturated rings. The standard InChI is InChI=1S/C15H18O5/c1-4-19-15(18)14(17)9-13(16)11-5-7-12(8-6-11)20-10(2)3/h5-10,17H,4H2,1-3H3. The fourth-order valence-corrected chi connectivity index (χ4v) is 1.44. The zero-order chi connectivity index (χ0) is 15.1. The number of hydrogen-bond acceptors (Lipinski definition) is 5. The smallest absolute Gasteiger partial charge is 0.373 e. The average Bonchev–Trinajstić information content (AvgIpc) is 2.39. The minimum atomic E-state index is -0.916. The van der Waals surface area contributed by atoms with Gasteiger partial charge >= 0.3 is 5.97 Å². The molecule has 1 aromatic carbocycles. The normalized spacial score (nSPS) is 11.3. The zero-order valence-electron chi connectivity index (χ0n) is 11.8. The number of ether oxygens (including phenoxy) is 2. The molecule has 0 atom stereocenters. The summed E-state index contributed by atoms with van der Waals surface area (Å²) in [6.07, 6.45) is 0.889. The van der Waals surface area contributed by atoms with E-state index in [-0.39, 0.29) is 12.7 Å². The second-order valence-electron chi connectivity index (χ2n) is 4.31. The molecule has 0 saturated carbocycles. The van der Waals surface area contributed by atoms with Crippen LogP contribution in [0.5, 0.6) is 5.75 Å². The monoisotopic (exact) mass is 278 g/mol.